The molecule has 1 N–H and O–H groups in total. The molecule has 138 valence electrons. The molecule has 4 rings (SSSR count). The third-order valence-corrected chi connectivity index (χ3v) is 4.53. The highest BCUT2D eigenvalue weighted by molar-refractivity contribution is 5.98. The van der Waals surface area contributed by atoms with Crippen molar-refractivity contribution in [1.29, 1.82) is 0 Å². The summed E-state index contributed by atoms with van der Waals surface area (Å²) in [5, 5.41) is 14.4. The summed E-state index contributed by atoms with van der Waals surface area (Å²) in [7, 11) is 0. The van der Waals surface area contributed by atoms with Crippen molar-refractivity contribution >= 4 is 5.91 Å². The third kappa shape index (κ3) is 3.96. The highest BCUT2D eigenvalue weighted by Gasteiger charge is 2.19. The molecule has 1 atom stereocenters. The minimum absolute atomic E-state index is 0.155. The zero-order chi connectivity index (χ0) is 19.2. The molecule has 0 bridgehead atoms. The van der Waals surface area contributed by atoms with Gasteiger partial charge in [0.25, 0.3) is 5.91 Å². The van der Waals surface area contributed by atoms with Crippen LogP contribution in [0.2, 0.25) is 0 Å². The molecule has 1 unspecified atom stereocenters. The molecule has 3 aromatic carbocycles. The quantitative estimate of drug-likeness (QED) is 0.565. The van der Waals surface area contributed by atoms with Gasteiger partial charge in [0.05, 0.1) is 17.3 Å². The van der Waals surface area contributed by atoms with Crippen molar-refractivity contribution in [2.75, 3.05) is 0 Å². The monoisotopic (exact) mass is 369 g/mol. The van der Waals surface area contributed by atoms with Gasteiger partial charge < -0.3 is 5.32 Å². The van der Waals surface area contributed by atoms with E-state index in [0.717, 1.165) is 11.1 Å². The fourth-order valence-corrected chi connectivity index (χ4v) is 3.16. The maximum Gasteiger partial charge on any atom is 0.253 e. The number of benzene rings is 3. The molecule has 6 nitrogen and oxygen atoms in total. The van der Waals surface area contributed by atoms with Crippen LogP contribution in [0.3, 0.4) is 0 Å². The van der Waals surface area contributed by atoms with Crippen LogP contribution >= 0.6 is 0 Å². The summed E-state index contributed by atoms with van der Waals surface area (Å²) in [4.78, 5) is 13.1. The van der Waals surface area contributed by atoms with Crippen LogP contribution in [0.1, 0.15) is 27.5 Å². The van der Waals surface area contributed by atoms with Crippen LogP contribution in [-0.4, -0.2) is 26.1 Å². The van der Waals surface area contributed by atoms with E-state index in [-0.39, 0.29) is 11.9 Å². The van der Waals surface area contributed by atoms with E-state index in [1.165, 1.54) is 11.0 Å². The molecule has 6 heteroatoms. The topological polar surface area (TPSA) is 72.7 Å². The summed E-state index contributed by atoms with van der Waals surface area (Å²) in [6, 6.07) is 27.2. The average molecular weight is 369 g/mol. The molecule has 0 saturated carbocycles. The van der Waals surface area contributed by atoms with Gasteiger partial charge in [-0.2, -0.15) is 4.68 Å². The average Bonchev–Trinajstić information content (AvgIpc) is 3.29. The van der Waals surface area contributed by atoms with Crippen LogP contribution in [-0.2, 0) is 6.42 Å². The predicted molar refractivity (Wildman–Crippen MR) is 106 cm³/mol. The lowest BCUT2D eigenvalue weighted by Crippen LogP contribution is -2.30. The van der Waals surface area contributed by atoms with Crippen molar-refractivity contribution in [3.8, 4) is 5.69 Å². The van der Waals surface area contributed by atoms with Gasteiger partial charge in [-0.25, -0.2) is 0 Å². The van der Waals surface area contributed by atoms with Gasteiger partial charge in [0.2, 0.25) is 0 Å². The molecule has 0 aliphatic carbocycles. The number of aromatic nitrogens is 4. The van der Waals surface area contributed by atoms with Gasteiger partial charge in [0.1, 0.15) is 6.33 Å². The van der Waals surface area contributed by atoms with Crippen molar-refractivity contribution in [2.24, 2.45) is 0 Å². The van der Waals surface area contributed by atoms with Gasteiger partial charge >= 0.3 is 0 Å². The molecular weight excluding hydrogens is 350 g/mol. The lowest BCUT2D eigenvalue weighted by atomic mass is 9.98. The zero-order valence-corrected chi connectivity index (χ0v) is 15.1. The molecular formula is C22H19N5O. The summed E-state index contributed by atoms with van der Waals surface area (Å²) >= 11 is 0. The first kappa shape index (κ1) is 17.6. The lowest BCUT2D eigenvalue weighted by Gasteiger charge is -2.20. The smallest absolute Gasteiger partial charge is 0.253 e. The first-order valence-corrected chi connectivity index (χ1v) is 9.03. The summed E-state index contributed by atoms with van der Waals surface area (Å²) < 4.78 is 1.49. The Bertz CT molecular complexity index is 1030. The largest absolute Gasteiger partial charge is 0.345 e. The molecule has 0 saturated heterocycles. The molecule has 28 heavy (non-hydrogen) atoms. The van der Waals surface area contributed by atoms with Crippen LogP contribution in [0.25, 0.3) is 5.69 Å². The van der Waals surface area contributed by atoms with E-state index in [1.54, 1.807) is 6.07 Å². The standard InChI is InChI=1S/C22H19N5O/c28-22(19-13-7-8-14-21(19)27-16-23-25-26-27)24-20(18-11-5-2-6-12-18)15-17-9-3-1-4-10-17/h1-14,16,20H,15H2,(H,24,28). The Morgan fingerprint density at radius 1 is 0.893 bits per heavy atom. The fourth-order valence-electron chi connectivity index (χ4n) is 3.16. The Balaban J connectivity index is 1.63. The molecule has 0 aliphatic rings. The Hall–Kier alpha value is -3.80. The van der Waals surface area contributed by atoms with Gasteiger partial charge in [0.15, 0.2) is 0 Å². The molecule has 0 aliphatic heterocycles. The number of para-hydroxylation sites is 1. The SMILES string of the molecule is O=C(NC(Cc1ccccc1)c1ccccc1)c1ccccc1-n1cnnn1. The van der Waals surface area contributed by atoms with Crippen molar-refractivity contribution in [2.45, 2.75) is 12.5 Å². The number of rotatable bonds is 6. The highest BCUT2D eigenvalue weighted by atomic mass is 16.1. The van der Waals surface area contributed by atoms with E-state index in [9.17, 15) is 4.79 Å². The van der Waals surface area contributed by atoms with Crippen molar-refractivity contribution in [3.05, 3.63) is 108 Å². The normalized spacial score (nSPS) is 11.7. The molecule has 0 fully saturated rings. The molecule has 0 spiro atoms. The number of hydrogen-bond donors (Lipinski definition) is 1. The minimum atomic E-state index is -0.170. The summed E-state index contributed by atoms with van der Waals surface area (Å²) in [5.41, 5.74) is 3.37. The maximum absolute atomic E-state index is 13.1. The highest BCUT2D eigenvalue weighted by Crippen LogP contribution is 2.20. The number of amides is 1. The molecule has 0 radical (unpaired) electrons. The number of nitrogens with one attached hydrogen (secondary N) is 1. The number of carbonyl (C=O) groups is 1. The molecule has 1 aromatic heterocycles. The number of carbonyl (C=O) groups excluding carboxylic acids is 1. The summed E-state index contributed by atoms with van der Waals surface area (Å²) in [6.45, 7) is 0. The Labute approximate surface area is 162 Å². The summed E-state index contributed by atoms with van der Waals surface area (Å²) in [6.07, 6.45) is 2.18. The fraction of sp³-hybridized carbons (Fsp3) is 0.0909. The van der Waals surface area contributed by atoms with Crippen molar-refractivity contribution < 1.29 is 4.79 Å². The maximum atomic E-state index is 13.1. The second kappa shape index (κ2) is 8.26. The number of nitrogens with zero attached hydrogens (tertiary/aromatic N) is 4. The number of tetrazole rings is 1. The molecule has 1 amide bonds. The Kier molecular flexibility index (Phi) is 5.20. The second-order valence-electron chi connectivity index (χ2n) is 6.40. The van der Waals surface area contributed by atoms with E-state index in [0.29, 0.717) is 17.7 Å². The van der Waals surface area contributed by atoms with Crippen LogP contribution in [0.4, 0.5) is 0 Å². The van der Waals surface area contributed by atoms with Gasteiger partial charge in [-0.3, -0.25) is 4.79 Å². The van der Waals surface area contributed by atoms with Crippen LogP contribution in [0.15, 0.2) is 91.3 Å². The van der Waals surface area contributed by atoms with Crippen LogP contribution in [0.5, 0.6) is 0 Å². The van der Waals surface area contributed by atoms with Crippen molar-refractivity contribution in [3.63, 3.8) is 0 Å². The van der Waals surface area contributed by atoms with Gasteiger partial charge in [0, 0.05) is 0 Å². The van der Waals surface area contributed by atoms with E-state index in [1.807, 2.05) is 66.7 Å². The third-order valence-electron chi connectivity index (χ3n) is 4.53. The van der Waals surface area contributed by atoms with E-state index in [2.05, 4.69) is 33.0 Å². The van der Waals surface area contributed by atoms with E-state index >= 15 is 0 Å². The van der Waals surface area contributed by atoms with Crippen LogP contribution in [0, 0.1) is 0 Å². The molecule has 1 heterocycles. The van der Waals surface area contributed by atoms with Gasteiger partial charge in [-0.1, -0.05) is 72.8 Å². The minimum Gasteiger partial charge on any atom is -0.345 e. The first-order chi connectivity index (χ1) is 13.8. The lowest BCUT2D eigenvalue weighted by molar-refractivity contribution is 0.0936. The second-order valence-corrected chi connectivity index (χ2v) is 6.40. The summed E-state index contributed by atoms with van der Waals surface area (Å²) in [5.74, 6) is -0.170. The predicted octanol–water partition coefficient (Wildman–Crippen LogP) is 3.38. The Morgan fingerprint density at radius 2 is 1.57 bits per heavy atom. The van der Waals surface area contributed by atoms with Gasteiger partial charge in [-0.15, -0.1) is 5.10 Å². The van der Waals surface area contributed by atoms with Crippen LogP contribution < -0.4 is 5.32 Å². The van der Waals surface area contributed by atoms with Crippen molar-refractivity contribution in [1.82, 2.24) is 25.5 Å². The van der Waals surface area contributed by atoms with E-state index in [4.69, 9.17) is 0 Å². The zero-order valence-electron chi connectivity index (χ0n) is 15.1. The van der Waals surface area contributed by atoms with E-state index < -0.39 is 0 Å². The number of hydrogen-bond acceptors (Lipinski definition) is 4. The first-order valence-electron chi connectivity index (χ1n) is 9.03. The van der Waals surface area contributed by atoms with Gasteiger partial charge in [-0.05, 0) is 40.1 Å². The molecule has 4 aromatic rings. The Morgan fingerprint density at radius 3 is 2.29 bits per heavy atom.